The van der Waals surface area contributed by atoms with Gasteiger partial charge < -0.3 is 4.42 Å². The molecule has 0 fully saturated rings. The second-order valence-corrected chi connectivity index (χ2v) is 14.8. The third-order valence-electron chi connectivity index (χ3n) is 11.9. The Hall–Kier alpha value is -7.36. The van der Waals surface area contributed by atoms with Gasteiger partial charge in [0.25, 0.3) is 0 Å². The zero-order chi connectivity index (χ0) is 36.8. The van der Waals surface area contributed by atoms with E-state index in [0.717, 1.165) is 55.9 Å². The largest absolute Gasteiger partial charge is 0.456 e. The van der Waals surface area contributed by atoms with Gasteiger partial charge in [0.1, 0.15) is 11.3 Å². The molecule has 1 atom stereocenters. The predicted octanol–water partition coefficient (Wildman–Crippen LogP) is 13.4. The van der Waals surface area contributed by atoms with Crippen LogP contribution >= 0.6 is 0 Å². The fraction of sp³-hybridized carbons (Fsp3) is 0.0189. The Morgan fingerprint density at radius 1 is 0.393 bits per heavy atom. The van der Waals surface area contributed by atoms with E-state index in [-0.39, 0.29) is 0 Å². The summed E-state index contributed by atoms with van der Waals surface area (Å²) >= 11 is 0. The average Bonchev–Trinajstić information content (AvgIpc) is 3.90. The number of aromatic nitrogens is 2. The van der Waals surface area contributed by atoms with Crippen LogP contribution in [0.2, 0.25) is 0 Å². The fourth-order valence-corrected chi connectivity index (χ4v) is 9.60. The summed E-state index contributed by atoms with van der Waals surface area (Å²) in [6, 6.07) is 69.4. The lowest BCUT2D eigenvalue weighted by atomic mass is 9.70. The summed E-state index contributed by atoms with van der Waals surface area (Å²) in [7, 11) is 0. The molecule has 0 radical (unpaired) electrons. The molecule has 2 aliphatic rings. The van der Waals surface area contributed by atoms with Crippen molar-refractivity contribution in [3.05, 3.63) is 216 Å². The van der Waals surface area contributed by atoms with Crippen molar-refractivity contribution in [3.8, 4) is 67.5 Å². The lowest BCUT2D eigenvalue weighted by molar-refractivity contribution is 0.628. The zero-order valence-corrected chi connectivity index (χ0v) is 30.3. The average molecular weight is 713 g/mol. The van der Waals surface area contributed by atoms with Crippen molar-refractivity contribution in [1.82, 2.24) is 9.97 Å². The lowest BCUT2D eigenvalue weighted by Gasteiger charge is -2.30. The van der Waals surface area contributed by atoms with Crippen LogP contribution < -0.4 is 0 Å². The molecule has 1 spiro atoms. The molecule has 0 N–H and O–H groups in total. The topological polar surface area (TPSA) is 38.9 Å². The summed E-state index contributed by atoms with van der Waals surface area (Å²) < 4.78 is 6.75. The van der Waals surface area contributed by atoms with Gasteiger partial charge in [0.2, 0.25) is 0 Å². The molecule has 0 aliphatic heterocycles. The minimum atomic E-state index is -0.534. The highest BCUT2D eigenvalue weighted by atomic mass is 16.3. The molecule has 0 amide bonds. The van der Waals surface area contributed by atoms with Gasteiger partial charge in [0.15, 0.2) is 5.82 Å². The molecule has 10 aromatic rings. The van der Waals surface area contributed by atoms with E-state index in [1.54, 1.807) is 0 Å². The third-order valence-corrected chi connectivity index (χ3v) is 11.9. The van der Waals surface area contributed by atoms with Crippen LogP contribution in [0.25, 0.3) is 89.2 Å². The fourth-order valence-electron chi connectivity index (χ4n) is 9.60. The van der Waals surface area contributed by atoms with Crippen molar-refractivity contribution < 1.29 is 4.42 Å². The van der Waals surface area contributed by atoms with Crippen molar-refractivity contribution >= 4 is 21.7 Å². The van der Waals surface area contributed by atoms with Crippen molar-refractivity contribution in [1.29, 1.82) is 0 Å². The van der Waals surface area contributed by atoms with Crippen molar-refractivity contribution in [2.24, 2.45) is 0 Å². The van der Waals surface area contributed by atoms with Crippen LogP contribution in [-0.2, 0) is 5.41 Å². The highest BCUT2D eigenvalue weighted by Gasteiger charge is 2.54. The first-order valence-corrected chi connectivity index (χ1v) is 19.2. The van der Waals surface area contributed by atoms with E-state index in [1.807, 2.05) is 18.2 Å². The van der Waals surface area contributed by atoms with Gasteiger partial charge in [-0.15, -0.1) is 0 Å². The molecule has 2 aromatic heterocycles. The molecular weight excluding hydrogens is 681 g/mol. The Morgan fingerprint density at radius 3 is 1.88 bits per heavy atom. The minimum Gasteiger partial charge on any atom is -0.456 e. The quantitative estimate of drug-likeness (QED) is 0.182. The standard InChI is InChI=1S/C53H32N2O/c1-2-16-34(17-3-1)52-54-46(36-30-29-33-15-4-5-18-35(33)31-36)32-47(55-52)38-20-7-6-19-37(38)39-24-14-27-45-49(39)40-21-8-11-25-43(40)53(45)44-26-12-9-22-41(44)51-50(53)42-23-10-13-28-48(42)56-51/h1-32H. The van der Waals surface area contributed by atoms with Gasteiger partial charge in [-0.25, -0.2) is 9.97 Å². The van der Waals surface area contributed by atoms with Gasteiger partial charge in [-0.1, -0.05) is 176 Å². The predicted molar refractivity (Wildman–Crippen MR) is 227 cm³/mol. The van der Waals surface area contributed by atoms with E-state index in [1.165, 1.54) is 49.7 Å². The zero-order valence-electron chi connectivity index (χ0n) is 30.3. The van der Waals surface area contributed by atoms with Gasteiger partial charge in [-0.2, -0.15) is 0 Å². The third kappa shape index (κ3) is 4.28. The molecule has 2 heterocycles. The molecule has 1 unspecified atom stereocenters. The summed E-state index contributed by atoms with van der Waals surface area (Å²) in [5.41, 5.74) is 16.2. The van der Waals surface area contributed by atoms with Crippen LogP contribution in [0, 0.1) is 0 Å². The Bertz CT molecular complexity index is 3210. The normalized spacial score (nSPS) is 14.9. The summed E-state index contributed by atoms with van der Waals surface area (Å²) in [5, 5.41) is 3.54. The number of nitrogens with zero attached hydrogens (tertiary/aromatic N) is 2. The molecule has 8 aromatic carbocycles. The number of para-hydroxylation sites is 1. The van der Waals surface area contributed by atoms with Crippen molar-refractivity contribution in [2.75, 3.05) is 0 Å². The highest BCUT2D eigenvalue weighted by molar-refractivity contribution is 6.05. The van der Waals surface area contributed by atoms with Crippen molar-refractivity contribution in [2.45, 2.75) is 5.41 Å². The molecule has 3 nitrogen and oxygen atoms in total. The summed E-state index contributed by atoms with van der Waals surface area (Å²) in [5.74, 6) is 1.66. The number of rotatable bonds is 4. The molecular formula is C53H32N2O. The van der Waals surface area contributed by atoms with Gasteiger partial charge in [0, 0.05) is 33.2 Å². The Kier molecular flexibility index (Phi) is 6.55. The Balaban J connectivity index is 1.12. The molecule has 0 bridgehead atoms. The van der Waals surface area contributed by atoms with Crippen LogP contribution in [0.3, 0.4) is 0 Å². The first kappa shape index (κ1) is 31.0. The smallest absolute Gasteiger partial charge is 0.160 e. The maximum Gasteiger partial charge on any atom is 0.160 e. The number of fused-ring (bicyclic) bond motifs is 13. The van der Waals surface area contributed by atoms with Crippen LogP contribution in [0.1, 0.15) is 22.3 Å². The monoisotopic (exact) mass is 712 g/mol. The lowest BCUT2D eigenvalue weighted by Crippen LogP contribution is -2.25. The second kappa shape index (κ2) is 11.8. The Morgan fingerprint density at radius 2 is 1.02 bits per heavy atom. The molecule has 0 saturated carbocycles. The van der Waals surface area contributed by atoms with Crippen LogP contribution in [0.5, 0.6) is 0 Å². The molecule has 12 rings (SSSR count). The van der Waals surface area contributed by atoms with E-state index in [2.05, 4.69) is 176 Å². The number of benzene rings is 8. The highest BCUT2D eigenvalue weighted by Crippen LogP contribution is 2.66. The van der Waals surface area contributed by atoms with E-state index in [4.69, 9.17) is 14.4 Å². The molecule has 56 heavy (non-hydrogen) atoms. The van der Waals surface area contributed by atoms with Gasteiger partial charge in [-0.3, -0.25) is 0 Å². The minimum absolute atomic E-state index is 0.534. The molecule has 2 aliphatic carbocycles. The number of hydrogen-bond donors (Lipinski definition) is 0. The first-order valence-electron chi connectivity index (χ1n) is 19.2. The summed E-state index contributed by atoms with van der Waals surface area (Å²) in [6.45, 7) is 0. The van der Waals surface area contributed by atoms with E-state index < -0.39 is 5.41 Å². The van der Waals surface area contributed by atoms with E-state index >= 15 is 0 Å². The SMILES string of the molecule is c1ccc(-c2nc(-c3ccc4ccccc4c3)cc(-c3ccccc3-c3cccc4c3-c3ccccc3C43c4ccccc4-c4oc5ccccc5c43)n2)cc1. The van der Waals surface area contributed by atoms with Crippen LogP contribution in [0.4, 0.5) is 0 Å². The first-order chi connectivity index (χ1) is 27.8. The molecule has 0 saturated heterocycles. The summed E-state index contributed by atoms with van der Waals surface area (Å²) in [4.78, 5) is 10.5. The summed E-state index contributed by atoms with van der Waals surface area (Å²) in [6.07, 6.45) is 0. The van der Waals surface area contributed by atoms with Crippen LogP contribution in [0.15, 0.2) is 199 Å². The van der Waals surface area contributed by atoms with Crippen LogP contribution in [-0.4, -0.2) is 9.97 Å². The second-order valence-electron chi connectivity index (χ2n) is 14.8. The number of hydrogen-bond acceptors (Lipinski definition) is 3. The number of furan rings is 1. The maximum absolute atomic E-state index is 6.75. The van der Waals surface area contributed by atoms with Gasteiger partial charge in [-0.05, 0) is 67.9 Å². The molecule has 3 heteroatoms. The van der Waals surface area contributed by atoms with E-state index in [9.17, 15) is 0 Å². The van der Waals surface area contributed by atoms with Gasteiger partial charge in [0.05, 0.1) is 16.8 Å². The van der Waals surface area contributed by atoms with Crippen molar-refractivity contribution in [3.63, 3.8) is 0 Å². The Labute approximate surface area is 324 Å². The van der Waals surface area contributed by atoms with E-state index in [0.29, 0.717) is 5.82 Å². The van der Waals surface area contributed by atoms with Gasteiger partial charge >= 0.3 is 0 Å². The maximum atomic E-state index is 6.75. The molecule has 260 valence electrons.